The van der Waals surface area contributed by atoms with E-state index in [1.807, 2.05) is 0 Å². The van der Waals surface area contributed by atoms with E-state index >= 15 is 0 Å². The second-order valence-electron chi connectivity index (χ2n) is 10.6. The number of aryl methyl sites for hydroxylation is 1. The molecule has 3 rings (SSSR count). The lowest BCUT2D eigenvalue weighted by molar-refractivity contribution is -0.205. The van der Waals surface area contributed by atoms with E-state index in [9.17, 15) is 33.3 Å². The lowest BCUT2D eigenvalue weighted by atomic mass is 9.91. The van der Waals surface area contributed by atoms with Crippen LogP contribution in [-0.4, -0.2) is 81.3 Å². The van der Waals surface area contributed by atoms with Crippen LogP contribution in [0.5, 0.6) is 0 Å². The number of ether oxygens (including phenoxy) is 1. The third-order valence-electron chi connectivity index (χ3n) is 7.70. The van der Waals surface area contributed by atoms with Crippen LogP contribution in [-0.2, 0) is 22.1 Å². The van der Waals surface area contributed by atoms with Gasteiger partial charge < -0.3 is 30.7 Å². The van der Waals surface area contributed by atoms with Gasteiger partial charge in [-0.1, -0.05) is 31.0 Å². The summed E-state index contributed by atoms with van der Waals surface area (Å²) in [7, 11) is 0. The zero-order valence-electron chi connectivity index (χ0n) is 22.2. The van der Waals surface area contributed by atoms with Gasteiger partial charge in [0.25, 0.3) is 0 Å². The number of hydrogen-bond acceptors (Lipinski definition) is 7. The molecule has 9 atom stereocenters. The highest BCUT2D eigenvalue weighted by molar-refractivity contribution is 7.99. The standard InChI is InChI=1S/C27H40ClF3N2O5S/c1-15(28)20(24-22(35)21(34)23(36)26(38-24)39-2)33-25(37)19-11-10-16(12-13-32-19)6-3-4-7-17-8-5-9-18(14-17)27(29,30)31/h5,8-9,14-16,19-24,26,32,34-36H,3-4,6-7,10-13H2,1-2H3,(H,33,37)/t15-,16-,19-,20+,21?,22?,23+,24+,26?/m0/s1. The molecule has 12 heteroatoms. The highest BCUT2D eigenvalue weighted by Gasteiger charge is 2.48. The molecular weight excluding hydrogens is 557 g/mol. The number of benzene rings is 1. The molecule has 7 nitrogen and oxygen atoms in total. The molecule has 1 amide bonds. The summed E-state index contributed by atoms with van der Waals surface area (Å²) >= 11 is 7.56. The fourth-order valence-electron chi connectivity index (χ4n) is 5.38. The van der Waals surface area contributed by atoms with Crippen LogP contribution in [0.3, 0.4) is 0 Å². The van der Waals surface area contributed by atoms with E-state index in [1.54, 1.807) is 19.2 Å². The molecule has 39 heavy (non-hydrogen) atoms. The molecule has 0 bridgehead atoms. The first-order chi connectivity index (χ1) is 18.4. The minimum atomic E-state index is -4.34. The SMILES string of the molecule is CSC1O[C@H]([C@H](NC(=O)[C@@H]2CC[C@H](CCCCc3cccc(C(F)(F)F)c3)CCN2)[C@H](C)Cl)C(O)C(O)[C@H]1O. The van der Waals surface area contributed by atoms with Crippen LogP contribution in [0.25, 0.3) is 0 Å². The number of halogens is 4. The van der Waals surface area contributed by atoms with Gasteiger partial charge in [0.1, 0.15) is 29.9 Å². The summed E-state index contributed by atoms with van der Waals surface area (Å²) in [5.74, 6) is 0.136. The van der Waals surface area contributed by atoms with E-state index in [0.717, 1.165) is 38.2 Å². The van der Waals surface area contributed by atoms with Crippen LogP contribution in [0.2, 0.25) is 0 Å². The van der Waals surface area contributed by atoms with Crippen LogP contribution in [0, 0.1) is 5.92 Å². The topological polar surface area (TPSA) is 111 Å². The molecular formula is C27H40ClF3N2O5S. The average molecular weight is 597 g/mol. The third-order valence-corrected chi connectivity index (χ3v) is 8.83. The molecule has 0 spiro atoms. The van der Waals surface area contributed by atoms with Gasteiger partial charge in [0, 0.05) is 0 Å². The molecule has 0 radical (unpaired) electrons. The van der Waals surface area contributed by atoms with Crippen molar-refractivity contribution in [2.45, 2.75) is 105 Å². The Balaban J connectivity index is 1.48. The highest BCUT2D eigenvalue weighted by atomic mass is 35.5. The minimum Gasteiger partial charge on any atom is -0.388 e. The van der Waals surface area contributed by atoms with Crippen LogP contribution >= 0.6 is 23.4 Å². The maximum atomic E-state index is 13.2. The molecule has 222 valence electrons. The summed E-state index contributed by atoms with van der Waals surface area (Å²) in [6.45, 7) is 2.32. The highest BCUT2D eigenvalue weighted by Crippen LogP contribution is 2.31. The van der Waals surface area contributed by atoms with Crippen LogP contribution in [0.4, 0.5) is 13.2 Å². The monoisotopic (exact) mass is 596 g/mol. The Morgan fingerprint density at radius 1 is 1.18 bits per heavy atom. The molecule has 0 aliphatic carbocycles. The van der Waals surface area contributed by atoms with E-state index < -0.39 is 59.1 Å². The van der Waals surface area contributed by atoms with Gasteiger partial charge in [-0.2, -0.15) is 13.2 Å². The van der Waals surface area contributed by atoms with Crippen molar-refractivity contribution in [3.8, 4) is 0 Å². The van der Waals surface area contributed by atoms with Gasteiger partial charge >= 0.3 is 6.18 Å². The average Bonchev–Trinajstić information content (AvgIpc) is 3.14. The van der Waals surface area contributed by atoms with Crippen molar-refractivity contribution in [1.82, 2.24) is 10.6 Å². The number of alkyl halides is 4. The maximum Gasteiger partial charge on any atom is 0.416 e. The first-order valence-corrected chi connectivity index (χ1v) is 15.2. The van der Waals surface area contributed by atoms with E-state index in [-0.39, 0.29) is 5.91 Å². The van der Waals surface area contributed by atoms with Crippen molar-refractivity contribution in [2.75, 3.05) is 12.8 Å². The second-order valence-corrected chi connectivity index (χ2v) is 12.2. The molecule has 2 aliphatic rings. The van der Waals surface area contributed by atoms with Gasteiger partial charge in [-0.25, -0.2) is 0 Å². The lowest BCUT2D eigenvalue weighted by Gasteiger charge is -2.44. The van der Waals surface area contributed by atoms with Crippen molar-refractivity contribution in [1.29, 1.82) is 0 Å². The first-order valence-electron chi connectivity index (χ1n) is 13.5. The molecule has 2 fully saturated rings. The molecule has 2 heterocycles. The largest absolute Gasteiger partial charge is 0.416 e. The smallest absolute Gasteiger partial charge is 0.388 e. The summed E-state index contributed by atoms with van der Waals surface area (Å²) in [5, 5.41) is 36.5. The zero-order chi connectivity index (χ0) is 28.7. The number of hydrogen-bond donors (Lipinski definition) is 5. The molecule has 2 saturated heterocycles. The molecule has 5 N–H and O–H groups in total. The summed E-state index contributed by atoms with van der Waals surface area (Å²) in [5.41, 5.74) is -0.703. The Hall–Kier alpha value is -1.08. The number of unbranched alkanes of at least 4 members (excludes halogenated alkanes) is 1. The van der Waals surface area contributed by atoms with E-state index in [4.69, 9.17) is 16.3 Å². The number of amides is 1. The summed E-state index contributed by atoms with van der Waals surface area (Å²) < 4.78 is 44.6. The normalized spacial score (nSPS) is 31.8. The first kappa shape index (κ1) is 32.4. The van der Waals surface area contributed by atoms with Gasteiger partial charge in [0.15, 0.2) is 0 Å². The van der Waals surface area contributed by atoms with Crippen molar-refractivity contribution in [2.24, 2.45) is 5.92 Å². The van der Waals surface area contributed by atoms with E-state index in [0.29, 0.717) is 30.9 Å². The Morgan fingerprint density at radius 3 is 2.59 bits per heavy atom. The number of nitrogens with one attached hydrogen (secondary N) is 2. The van der Waals surface area contributed by atoms with Gasteiger partial charge in [-0.3, -0.25) is 4.79 Å². The number of carbonyl (C=O) groups is 1. The fraction of sp³-hybridized carbons (Fsp3) is 0.741. The summed E-state index contributed by atoms with van der Waals surface area (Å²) in [6, 6.07) is 4.24. The van der Waals surface area contributed by atoms with Gasteiger partial charge in [-0.05, 0) is 69.4 Å². The van der Waals surface area contributed by atoms with Gasteiger partial charge in [0.2, 0.25) is 5.91 Å². The van der Waals surface area contributed by atoms with Crippen LogP contribution in [0.15, 0.2) is 24.3 Å². The number of aliphatic hydroxyl groups excluding tert-OH is 3. The predicted molar refractivity (Wildman–Crippen MR) is 146 cm³/mol. The summed E-state index contributed by atoms with van der Waals surface area (Å²) in [6.07, 6.45) is -2.17. The molecule has 0 saturated carbocycles. The van der Waals surface area contributed by atoms with Crippen molar-refractivity contribution in [3.63, 3.8) is 0 Å². The molecule has 1 aromatic carbocycles. The predicted octanol–water partition coefficient (Wildman–Crippen LogP) is 3.46. The van der Waals surface area contributed by atoms with Gasteiger partial charge in [-0.15, -0.1) is 23.4 Å². The zero-order valence-corrected chi connectivity index (χ0v) is 23.8. The second kappa shape index (κ2) is 14.7. The van der Waals surface area contributed by atoms with Crippen molar-refractivity contribution in [3.05, 3.63) is 35.4 Å². The quantitative estimate of drug-likeness (QED) is 0.208. The maximum absolute atomic E-state index is 13.2. The van der Waals surface area contributed by atoms with Crippen molar-refractivity contribution >= 4 is 29.3 Å². The molecule has 2 aliphatic heterocycles. The Morgan fingerprint density at radius 2 is 1.92 bits per heavy atom. The summed E-state index contributed by atoms with van der Waals surface area (Å²) in [4.78, 5) is 13.2. The number of rotatable bonds is 10. The van der Waals surface area contributed by atoms with Crippen LogP contribution in [0.1, 0.15) is 56.6 Å². The van der Waals surface area contributed by atoms with E-state index in [1.165, 1.54) is 23.9 Å². The Kier molecular flexibility index (Phi) is 12.2. The van der Waals surface area contributed by atoms with E-state index in [2.05, 4.69) is 10.6 Å². The molecule has 0 aromatic heterocycles. The molecule has 3 unspecified atom stereocenters. The fourth-order valence-corrected chi connectivity index (χ4v) is 6.26. The number of aliphatic hydroxyl groups is 3. The third kappa shape index (κ3) is 8.95. The Labute approximate surface area is 237 Å². The van der Waals surface area contributed by atoms with Crippen LogP contribution < -0.4 is 10.6 Å². The minimum absolute atomic E-state index is 0.269. The molecule has 1 aromatic rings. The van der Waals surface area contributed by atoms with Gasteiger partial charge in [0.05, 0.1) is 23.0 Å². The van der Waals surface area contributed by atoms with Crippen molar-refractivity contribution < 1.29 is 38.0 Å². The lowest BCUT2D eigenvalue weighted by Crippen LogP contribution is -2.65. The Bertz CT molecular complexity index is 926. The number of thioether (sulfide) groups is 1. The number of carbonyl (C=O) groups excluding carboxylic acids is 1.